The van der Waals surface area contributed by atoms with E-state index in [4.69, 9.17) is 4.74 Å². The maximum Gasteiger partial charge on any atom is 0.249 e. The van der Waals surface area contributed by atoms with E-state index in [1.807, 2.05) is 30.3 Å². The van der Waals surface area contributed by atoms with Crippen LogP contribution < -0.4 is 10.1 Å². The summed E-state index contributed by atoms with van der Waals surface area (Å²) in [6.45, 7) is 0. The third kappa shape index (κ3) is 3.72. The average Bonchev–Trinajstić information content (AvgIpc) is 3.15. The topological polar surface area (TPSA) is 94.8 Å². The van der Waals surface area contributed by atoms with Crippen LogP contribution in [0.3, 0.4) is 0 Å². The van der Waals surface area contributed by atoms with E-state index in [-0.39, 0.29) is 5.91 Å². The first-order valence-electron chi connectivity index (χ1n) is 7.33. The Bertz CT molecular complexity index is 774. The summed E-state index contributed by atoms with van der Waals surface area (Å²) in [5, 5.41) is 13.9. The summed E-state index contributed by atoms with van der Waals surface area (Å²) in [5.41, 5.74) is 1.59. The molecular formula is C16H16N6O2. The van der Waals surface area contributed by atoms with Crippen LogP contribution in [0.15, 0.2) is 55.0 Å². The maximum atomic E-state index is 12.7. The van der Waals surface area contributed by atoms with Crippen molar-refractivity contribution in [1.82, 2.24) is 25.2 Å². The summed E-state index contributed by atoms with van der Waals surface area (Å²) in [6, 6.07) is 12.5. The first-order valence-corrected chi connectivity index (χ1v) is 7.33. The Morgan fingerprint density at radius 1 is 1.25 bits per heavy atom. The number of aromatic nitrogens is 5. The number of carbonyl (C=O) groups excluding carboxylic acids is 1. The SMILES string of the molecule is COc1ccc(NC(=O)[C@H](Cc2ccccc2)n2cnnn2)cn1. The molecule has 1 atom stereocenters. The highest BCUT2D eigenvalue weighted by molar-refractivity contribution is 5.93. The van der Waals surface area contributed by atoms with Gasteiger partial charge in [-0.3, -0.25) is 4.79 Å². The zero-order valence-electron chi connectivity index (χ0n) is 13.0. The van der Waals surface area contributed by atoms with Gasteiger partial charge in [-0.15, -0.1) is 5.10 Å². The number of anilines is 1. The van der Waals surface area contributed by atoms with E-state index in [1.165, 1.54) is 24.3 Å². The molecule has 1 aromatic carbocycles. The second kappa shape index (κ2) is 7.32. The number of tetrazole rings is 1. The lowest BCUT2D eigenvalue weighted by Crippen LogP contribution is -2.28. The minimum atomic E-state index is -0.565. The standard InChI is InChI=1S/C16H16N6O2/c1-24-15-8-7-13(10-17-15)19-16(23)14(22-11-18-20-21-22)9-12-5-3-2-4-6-12/h2-8,10-11,14H,9H2,1H3,(H,19,23)/t14-/m0/s1. The van der Waals surface area contributed by atoms with Crippen LogP contribution in [-0.4, -0.2) is 38.2 Å². The maximum absolute atomic E-state index is 12.7. The minimum absolute atomic E-state index is 0.224. The van der Waals surface area contributed by atoms with Crippen molar-refractivity contribution in [3.63, 3.8) is 0 Å². The van der Waals surface area contributed by atoms with Crippen LogP contribution in [0.2, 0.25) is 0 Å². The summed E-state index contributed by atoms with van der Waals surface area (Å²) in [4.78, 5) is 16.8. The van der Waals surface area contributed by atoms with Crippen LogP contribution in [0, 0.1) is 0 Å². The fourth-order valence-electron chi connectivity index (χ4n) is 2.26. The third-order valence-corrected chi connectivity index (χ3v) is 3.47. The van der Waals surface area contributed by atoms with Gasteiger partial charge in [0.1, 0.15) is 12.4 Å². The van der Waals surface area contributed by atoms with Crippen molar-refractivity contribution in [2.45, 2.75) is 12.5 Å². The molecule has 1 N–H and O–H groups in total. The van der Waals surface area contributed by atoms with Crippen molar-refractivity contribution >= 4 is 11.6 Å². The molecule has 24 heavy (non-hydrogen) atoms. The molecule has 3 aromatic rings. The molecule has 3 rings (SSSR count). The molecule has 0 radical (unpaired) electrons. The molecule has 1 amide bonds. The lowest BCUT2D eigenvalue weighted by Gasteiger charge is -2.16. The molecule has 0 aliphatic heterocycles. The molecule has 0 spiro atoms. The van der Waals surface area contributed by atoms with Gasteiger partial charge in [-0.05, 0) is 22.1 Å². The Labute approximate surface area is 138 Å². The molecule has 8 nitrogen and oxygen atoms in total. The van der Waals surface area contributed by atoms with Gasteiger partial charge in [0.25, 0.3) is 0 Å². The number of nitrogens with zero attached hydrogens (tertiary/aromatic N) is 5. The molecule has 0 saturated heterocycles. The molecule has 0 saturated carbocycles. The van der Waals surface area contributed by atoms with Crippen LogP contribution in [0.1, 0.15) is 11.6 Å². The van der Waals surface area contributed by atoms with Gasteiger partial charge < -0.3 is 10.1 Å². The second-order valence-corrected chi connectivity index (χ2v) is 5.07. The number of hydrogen-bond acceptors (Lipinski definition) is 6. The zero-order chi connectivity index (χ0) is 16.8. The Balaban J connectivity index is 1.78. The normalized spacial score (nSPS) is 11.7. The Morgan fingerprint density at radius 3 is 2.71 bits per heavy atom. The second-order valence-electron chi connectivity index (χ2n) is 5.07. The smallest absolute Gasteiger partial charge is 0.249 e. The Hall–Kier alpha value is -3.29. The highest BCUT2D eigenvalue weighted by atomic mass is 16.5. The monoisotopic (exact) mass is 324 g/mol. The molecule has 8 heteroatoms. The Kier molecular flexibility index (Phi) is 4.76. The van der Waals surface area contributed by atoms with E-state index in [0.29, 0.717) is 18.0 Å². The number of hydrogen-bond donors (Lipinski definition) is 1. The van der Waals surface area contributed by atoms with Crippen molar-refractivity contribution in [2.75, 3.05) is 12.4 Å². The molecule has 0 fully saturated rings. The number of amides is 1. The lowest BCUT2D eigenvalue weighted by atomic mass is 10.1. The Morgan fingerprint density at radius 2 is 2.08 bits per heavy atom. The van der Waals surface area contributed by atoms with Gasteiger partial charge in [0.15, 0.2) is 0 Å². The van der Waals surface area contributed by atoms with Crippen LogP contribution in [0.25, 0.3) is 0 Å². The number of pyridine rings is 1. The molecule has 0 aliphatic rings. The number of methoxy groups -OCH3 is 1. The van der Waals surface area contributed by atoms with Crippen LogP contribution in [-0.2, 0) is 11.2 Å². The van der Waals surface area contributed by atoms with Crippen molar-refractivity contribution in [1.29, 1.82) is 0 Å². The first kappa shape index (κ1) is 15.6. The van der Waals surface area contributed by atoms with E-state index in [0.717, 1.165) is 5.56 Å². The highest BCUT2D eigenvalue weighted by Crippen LogP contribution is 2.17. The van der Waals surface area contributed by atoms with Gasteiger partial charge in [-0.25, -0.2) is 9.67 Å². The molecule has 0 bridgehead atoms. The number of benzene rings is 1. The quantitative estimate of drug-likeness (QED) is 0.738. The summed E-state index contributed by atoms with van der Waals surface area (Å²) in [6.07, 6.45) is 3.44. The summed E-state index contributed by atoms with van der Waals surface area (Å²) < 4.78 is 6.45. The molecule has 122 valence electrons. The van der Waals surface area contributed by atoms with E-state index in [2.05, 4.69) is 25.8 Å². The lowest BCUT2D eigenvalue weighted by molar-refractivity contribution is -0.119. The third-order valence-electron chi connectivity index (χ3n) is 3.47. The van der Waals surface area contributed by atoms with E-state index in [1.54, 1.807) is 12.1 Å². The molecule has 2 heterocycles. The minimum Gasteiger partial charge on any atom is -0.481 e. The first-order chi connectivity index (χ1) is 11.8. The van der Waals surface area contributed by atoms with Crippen molar-refractivity contribution < 1.29 is 9.53 Å². The van der Waals surface area contributed by atoms with Gasteiger partial charge in [-0.2, -0.15) is 0 Å². The molecule has 2 aromatic heterocycles. The van der Waals surface area contributed by atoms with Crippen molar-refractivity contribution in [3.05, 3.63) is 60.6 Å². The fourth-order valence-corrected chi connectivity index (χ4v) is 2.26. The molecule has 0 unspecified atom stereocenters. The van der Waals surface area contributed by atoms with Gasteiger partial charge in [0, 0.05) is 12.5 Å². The number of rotatable bonds is 6. The molecular weight excluding hydrogens is 308 g/mol. The van der Waals surface area contributed by atoms with Crippen LogP contribution >= 0.6 is 0 Å². The van der Waals surface area contributed by atoms with Gasteiger partial charge in [-0.1, -0.05) is 30.3 Å². The zero-order valence-corrected chi connectivity index (χ0v) is 13.0. The number of nitrogens with one attached hydrogen (secondary N) is 1. The highest BCUT2D eigenvalue weighted by Gasteiger charge is 2.22. The van der Waals surface area contributed by atoms with Gasteiger partial charge >= 0.3 is 0 Å². The van der Waals surface area contributed by atoms with Gasteiger partial charge in [0.2, 0.25) is 11.8 Å². The molecule has 0 aliphatic carbocycles. The largest absolute Gasteiger partial charge is 0.481 e. The van der Waals surface area contributed by atoms with Crippen molar-refractivity contribution in [2.24, 2.45) is 0 Å². The van der Waals surface area contributed by atoms with Crippen LogP contribution in [0.5, 0.6) is 5.88 Å². The number of carbonyl (C=O) groups is 1. The van der Waals surface area contributed by atoms with E-state index >= 15 is 0 Å². The average molecular weight is 324 g/mol. The van der Waals surface area contributed by atoms with E-state index < -0.39 is 6.04 Å². The predicted octanol–water partition coefficient (Wildman–Crippen LogP) is 1.50. The summed E-state index contributed by atoms with van der Waals surface area (Å²) in [5.74, 6) is 0.257. The van der Waals surface area contributed by atoms with Crippen molar-refractivity contribution in [3.8, 4) is 5.88 Å². The predicted molar refractivity (Wildman–Crippen MR) is 86.4 cm³/mol. The number of ether oxygens (including phenoxy) is 1. The van der Waals surface area contributed by atoms with Crippen LogP contribution in [0.4, 0.5) is 5.69 Å². The van der Waals surface area contributed by atoms with Gasteiger partial charge in [0.05, 0.1) is 19.0 Å². The fraction of sp³-hybridized carbons (Fsp3) is 0.188. The van der Waals surface area contributed by atoms with E-state index in [9.17, 15) is 4.79 Å². The summed E-state index contributed by atoms with van der Waals surface area (Å²) >= 11 is 0. The summed E-state index contributed by atoms with van der Waals surface area (Å²) in [7, 11) is 1.54.